The lowest BCUT2D eigenvalue weighted by Gasteiger charge is -2.07. The molecule has 2 heterocycles. The summed E-state index contributed by atoms with van der Waals surface area (Å²) in [4.78, 5) is 0.983. The molecule has 0 atom stereocenters. The van der Waals surface area contributed by atoms with Gasteiger partial charge in [0.1, 0.15) is 0 Å². The van der Waals surface area contributed by atoms with Crippen molar-refractivity contribution in [3.63, 3.8) is 0 Å². The van der Waals surface area contributed by atoms with Gasteiger partial charge in [0, 0.05) is 6.04 Å². The van der Waals surface area contributed by atoms with Gasteiger partial charge in [-0.3, -0.25) is 4.57 Å². The highest BCUT2D eigenvalue weighted by Crippen LogP contribution is 2.41. The molecule has 8 heteroatoms. The third-order valence-corrected chi connectivity index (χ3v) is 4.90. The molecule has 0 spiro atoms. The van der Waals surface area contributed by atoms with Crippen molar-refractivity contribution in [3.05, 3.63) is 17.0 Å². The van der Waals surface area contributed by atoms with Crippen LogP contribution < -0.4 is 5.14 Å². The maximum atomic E-state index is 11.6. The minimum absolute atomic E-state index is 0.125. The Morgan fingerprint density at radius 1 is 1.47 bits per heavy atom. The summed E-state index contributed by atoms with van der Waals surface area (Å²) in [5, 5.41) is 14.9. The molecule has 1 aliphatic carbocycles. The van der Waals surface area contributed by atoms with Gasteiger partial charge >= 0.3 is 0 Å². The molecule has 2 aromatic rings. The van der Waals surface area contributed by atoms with Crippen molar-refractivity contribution in [3.8, 4) is 10.7 Å². The van der Waals surface area contributed by atoms with Crippen molar-refractivity contribution >= 4 is 21.4 Å². The predicted octanol–water partition coefficient (Wildman–Crippen LogP) is 1.55. The van der Waals surface area contributed by atoms with Crippen LogP contribution in [0, 0.1) is 0 Å². The van der Waals surface area contributed by atoms with Gasteiger partial charge in [-0.1, -0.05) is 6.92 Å². The molecule has 19 heavy (non-hydrogen) atoms. The highest BCUT2D eigenvalue weighted by molar-refractivity contribution is 7.89. The van der Waals surface area contributed by atoms with Crippen LogP contribution in [0.15, 0.2) is 16.6 Å². The van der Waals surface area contributed by atoms with Crippen LogP contribution in [-0.4, -0.2) is 23.2 Å². The molecule has 0 amide bonds. The molecule has 0 bridgehead atoms. The van der Waals surface area contributed by atoms with E-state index in [0.29, 0.717) is 5.82 Å². The highest BCUT2D eigenvalue weighted by atomic mass is 32.2. The fourth-order valence-electron chi connectivity index (χ4n) is 2.10. The van der Waals surface area contributed by atoms with E-state index in [-0.39, 0.29) is 11.2 Å². The van der Waals surface area contributed by atoms with E-state index in [1.807, 2.05) is 11.4 Å². The molecule has 3 rings (SSSR count). The smallest absolute Gasteiger partial charge is 0.273 e. The second kappa shape index (κ2) is 4.39. The Morgan fingerprint density at radius 2 is 2.21 bits per heavy atom. The zero-order valence-electron chi connectivity index (χ0n) is 10.4. The van der Waals surface area contributed by atoms with E-state index in [1.54, 1.807) is 15.9 Å². The van der Waals surface area contributed by atoms with Crippen LogP contribution in [0.5, 0.6) is 0 Å². The van der Waals surface area contributed by atoms with E-state index < -0.39 is 10.0 Å². The molecule has 0 aromatic carbocycles. The number of hydrogen-bond donors (Lipinski definition) is 1. The van der Waals surface area contributed by atoms with Gasteiger partial charge in [-0.2, -0.15) is 0 Å². The van der Waals surface area contributed by atoms with Crippen molar-refractivity contribution in [2.45, 2.75) is 37.4 Å². The van der Waals surface area contributed by atoms with Gasteiger partial charge in [-0.25, -0.2) is 13.6 Å². The minimum Gasteiger partial charge on any atom is -0.293 e. The summed E-state index contributed by atoms with van der Waals surface area (Å²) >= 11 is 1.55. The Kier molecular flexibility index (Phi) is 2.95. The van der Waals surface area contributed by atoms with Gasteiger partial charge < -0.3 is 0 Å². The van der Waals surface area contributed by atoms with Gasteiger partial charge in [-0.05, 0) is 36.3 Å². The SMILES string of the molecule is CCc1ccsc1-c1nnc(S(N)(=O)=O)n1C1CC1. The molecule has 2 N–H and O–H groups in total. The highest BCUT2D eigenvalue weighted by Gasteiger charge is 2.34. The first kappa shape index (κ1) is 12.8. The van der Waals surface area contributed by atoms with Crippen LogP contribution in [-0.2, 0) is 16.4 Å². The number of aromatic nitrogens is 3. The molecule has 2 aromatic heterocycles. The third kappa shape index (κ3) is 2.19. The number of thiophene rings is 1. The van der Waals surface area contributed by atoms with Gasteiger partial charge in [0.05, 0.1) is 4.88 Å². The van der Waals surface area contributed by atoms with Crippen LogP contribution in [0.3, 0.4) is 0 Å². The monoisotopic (exact) mass is 298 g/mol. The Bertz CT molecular complexity index is 713. The Labute approximate surface area is 115 Å². The van der Waals surface area contributed by atoms with Crippen molar-refractivity contribution in [1.29, 1.82) is 0 Å². The third-order valence-electron chi connectivity index (χ3n) is 3.16. The standard InChI is InChI=1S/C11H14N4O2S2/c1-2-7-5-6-18-9(7)10-13-14-11(19(12,16)17)15(10)8-3-4-8/h5-6,8H,2-4H2,1H3,(H2,12,16,17). The quantitative estimate of drug-likeness (QED) is 0.927. The molecule has 1 aliphatic rings. The lowest BCUT2D eigenvalue weighted by Crippen LogP contribution is -2.18. The Hall–Kier alpha value is -1.25. The number of nitrogens with two attached hydrogens (primary N) is 1. The average molecular weight is 298 g/mol. The van der Waals surface area contributed by atoms with E-state index in [9.17, 15) is 8.42 Å². The molecule has 0 radical (unpaired) electrons. The second-order valence-corrected chi connectivity index (χ2v) is 6.95. The molecule has 0 aliphatic heterocycles. The van der Waals surface area contributed by atoms with Crippen molar-refractivity contribution in [1.82, 2.24) is 14.8 Å². The lowest BCUT2D eigenvalue weighted by atomic mass is 10.2. The molecular formula is C11H14N4O2S2. The number of primary sulfonamides is 1. The summed E-state index contributed by atoms with van der Waals surface area (Å²) in [5.74, 6) is 0.623. The summed E-state index contributed by atoms with van der Waals surface area (Å²) < 4.78 is 24.8. The minimum atomic E-state index is -3.83. The second-order valence-electron chi connectivity index (χ2n) is 4.58. The van der Waals surface area contributed by atoms with Crippen LogP contribution in [0.4, 0.5) is 0 Å². The van der Waals surface area contributed by atoms with Gasteiger partial charge in [-0.15, -0.1) is 21.5 Å². The summed E-state index contributed by atoms with van der Waals surface area (Å²) in [7, 11) is -3.83. The van der Waals surface area contributed by atoms with Crippen molar-refractivity contribution in [2.24, 2.45) is 5.14 Å². The summed E-state index contributed by atoms with van der Waals surface area (Å²) in [6.07, 6.45) is 2.77. The fourth-order valence-corrected chi connectivity index (χ4v) is 3.74. The maximum absolute atomic E-state index is 11.6. The Balaban J connectivity index is 2.20. The maximum Gasteiger partial charge on any atom is 0.273 e. The van der Waals surface area contributed by atoms with E-state index >= 15 is 0 Å². The van der Waals surface area contributed by atoms with Gasteiger partial charge in [0.2, 0.25) is 0 Å². The van der Waals surface area contributed by atoms with E-state index in [0.717, 1.165) is 29.7 Å². The van der Waals surface area contributed by atoms with Crippen LogP contribution in [0.1, 0.15) is 31.4 Å². The molecule has 0 unspecified atom stereocenters. The van der Waals surface area contributed by atoms with Crippen molar-refractivity contribution in [2.75, 3.05) is 0 Å². The van der Waals surface area contributed by atoms with Crippen LogP contribution in [0.2, 0.25) is 0 Å². The average Bonchev–Trinajstić information content (AvgIpc) is 2.92. The number of aryl methyl sites for hydroxylation is 1. The van der Waals surface area contributed by atoms with Crippen LogP contribution in [0.25, 0.3) is 10.7 Å². The molecule has 1 saturated carbocycles. The Morgan fingerprint density at radius 3 is 2.79 bits per heavy atom. The first-order chi connectivity index (χ1) is 9.02. The molecule has 102 valence electrons. The number of hydrogen-bond acceptors (Lipinski definition) is 5. The summed E-state index contributed by atoms with van der Waals surface area (Å²) in [5.41, 5.74) is 1.15. The summed E-state index contributed by atoms with van der Waals surface area (Å²) in [6.45, 7) is 2.06. The van der Waals surface area contributed by atoms with E-state index in [2.05, 4.69) is 17.1 Å². The zero-order valence-corrected chi connectivity index (χ0v) is 12.0. The van der Waals surface area contributed by atoms with Crippen LogP contribution >= 0.6 is 11.3 Å². The van der Waals surface area contributed by atoms with E-state index in [1.165, 1.54) is 0 Å². The van der Waals surface area contributed by atoms with Gasteiger partial charge in [0.25, 0.3) is 15.2 Å². The normalized spacial score (nSPS) is 15.9. The van der Waals surface area contributed by atoms with E-state index in [4.69, 9.17) is 5.14 Å². The topological polar surface area (TPSA) is 90.9 Å². The first-order valence-electron chi connectivity index (χ1n) is 6.06. The lowest BCUT2D eigenvalue weighted by molar-refractivity contribution is 0.567. The number of rotatable bonds is 4. The molecular weight excluding hydrogens is 284 g/mol. The number of sulfonamides is 1. The first-order valence-corrected chi connectivity index (χ1v) is 8.49. The zero-order chi connectivity index (χ0) is 13.6. The molecule has 6 nitrogen and oxygen atoms in total. The summed E-state index contributed by atoms with van der Waals surface area (Å²) in [6, 6.07) is 2.19. The largest absolute Gasteiger partial charge is 0.293 e. The van der Waals surface area contributed by atoms with Crippen molar-refractivity contribution < 1.29 is 8.42 Å². The fraction of sp³-hybridized carbons (Fsp3) is 0.455. The molecule has 1 fully saturated rings. The predicted molar refractivity (Wildman–Crippen MR) is 72.4 cm³/mol. The number of nitrogens with zero attached hydrogens (tertiary/aromatic N) is 3. The van der Waals surface area contributed by atoms with Gasteiger partial charge in [0.15, 0.2) is 5.82 Å². The molecule has 0 saturated heterocycles.